The van der Waals surface area contributed by atoms with Crippen molar-refractivity contribution in [2.75, 3.05) is 13.7 Å². The smallest absolute Gasteiger partial charge is 0.355 e. The predicted octanol–water partition coefficient (Wildman–Crippen LogP) is 6.64. The van der Waals surface area contributed by atoms with Gasteiger partial charge < -0.3 is 14.0 Å². The molecule has 0 fully saturated rings. The maximum atomic E-state index is 13.2. The lowest BCUT2D eigenvalue weighted by atomic mass is 9.99. The third-order valence-electron chi connectivity index (χ3n) is 5.57. The van der Waals surface area contributed by atoms with Crippen molar-refractivity contribution in [3.8, 4) is 34.0 Å². The Bertz CT molecular complexity index is 1440. The number of hydrogen-bond donors (Lipinski definition) is 0. The Balaban J connectivity index is 1.91. The van der Waals surface area contributed by atoms with Crippen LogP contribution in [0.5, 0.6) is 5.75 Å². The lowest BCUT2D eigenvalue weighted by Gasteiger charge is -2.21. The number of halogens is 1. The van der Waals surface area contributed by atoms with E-state index < -0.39 is 5.97 Å². The van der Waals surface area contributed by atoms with E-state index in [2.05, 4.69) is 0 Å². The van der Waals surface area contributed by atoms with Crippen molar-refractivity contribution in [2.24, 2.45) is 0 Å². The van der Waals surface area contributed by atoms with Gasteiger partial charge in [0.2, 0.25) is 0 Å². The molecule has 0 aromatic heterocycles. The Morgan fingerprint density at radius 2 is 1.79 bits per heavy atom. The van der Waals surface area contributed by atoms with Crippen LogP contribution >= 0.6 is 11.6 Å². The van der Waals surface area contributed by atoms with Gasteiger partial charge in [0.15, 0.2) is 0 Å². The maximum absolute atomic E-state index is 13.2. The van der Waals surface area contributed by atoms with Gasteiger partial charge in [0.05, 0.1) is 30.6 Å². The zero-order valence-corrected chi connectivity index (χ0v) is 19.0. The molecule has 0 saturated heterocycles. The number of fused-ring (bicyclic) bond motifs is 3. The Labute approximate surface area is 196 Å². The second-order valence-corrected chi connectivity index (χ2v) is 7.97. The molecule has 3 aromatic carbocycles. The van der Waals surface area contributed by atoms with E-state index in [9.17, 15) is 4.79 Å². The third-order valence-corrected chi connectivity index (χ3v) is 5.80. The number of para-hydroxylation sites is 1. The first-order valence-corrected chi connectivity index (χ1v) is 11.0. The minimum atomic E-state index is -0.413. The minimum Gasteiger partial charge on any atom is -0.497 e. The normalized spacial score (nSPS) is 11.1. The van der Waals surface area contributed by atoms with Gasteiger partial charge in [-0.1, -0.05) is 41.9 Å². The Hall–Kier alpha value is -3.83. The summed E-state index contributed by atoms with van der Waals surface area (Å²) in [5.41, 5.74) is 5.36. The molecule has 0 unspecified atom stereocenters. The van der Waals surface area contributed by atoms with Crippen LogP contribution in [0.1, 0.15) is 17.4 Å². The van der Waals surface area contributed by atoms with Crippen molar-refractivity contribution >= 4 is 28.5 Å². The molecular weight excluding hydrogens is 436 g/mol. The molecule has 0 N–H and O–H groups in total. The molecule has 0 spiro atoms. The number of hydrogen-bond acceptors (Lipinski definition) is 4. The van der Waals surface area contributed by atoms with Gasteiger partial charge in [0.25, 0.3) is 0 Å². The number of benzene rings is 3. The van der Waals surface area contributed by atoms with E-state index in [0.29, 0.717) is 10.7 Å². The molecule has 0 bridgehead atoms. The number of aromatic nitrogens is 2. The van der Waals surface area contributed by atoms with E-state index in [-0.39, 0.29) is 6.61 Å². The average molecular weight is 457 g/mol. The second-order valence-electron chi connectivity index (χ2n) is 7.53. The molecule has 6 heteroatoms. The van der Waals surface area contributed by atoms with Crippen molar-refractivity contribution in [2.45, 2.75) is 6.92 Å². The third kappa shape index (κ3) is 3.70. The number of methoxy groups -OCH3 is 1. The van der Waals surface area contributed by atoms with Gasteiger partial charge in [-0.2, -0.15) is 0 Å². The largest absolute Gasteiger partial charge is 0.497 e. The van der Waals surface area contributed by atoms with Crippen LogP contribution in [-0.2, 0) is 4.74 Å². The molecule has 2 heterocycles. The van der Waals surface area contributed by atoms with Gasteiger partial charge in [0.1, 0.15) is 11.4 Å². The van der Waals surface area contributed by atoms with Crippen molar-refractivity contribution in [3.63, 3.8) is 0 Å². The molecule has 3 aromatic rings. The van der Waals surface area contributed by atoms with Gasteiger partial charge in [-0.25, -0.2) is 9.78 Å². The Kier molecular flexibility index (Phi) is 5.48. The number of esters is 1. The average Bonchev–Trinajstić information content (AvgIpc) is 3.23. The van der Waals surface area contributed by atoms with Crippen molar-refractivity contribution < 1.29 is 14.3 Å². The van der Waals surface area contributed by atoms with Crippen LogP contribution in [0.4, 0.5) is 0 Å². The molecule has 2 aliphatic rings. The number of rotatable bonds is 5. The lowest BCUT2D eigenvalue weighted by molar-refractivity contribution is 0.0516. The standard InChI is InChI=1S/C27H21ClN2O3/c1-3-33-27(31)24-16-22(17-7-6-8-18(28)15-17)25-26(21-9-4-5-10-23(21)29-25)30(24)19-11-13-20(32-2)14-12-19/h4-16H,3H2,1-2H3. The summed E-state index contributed by atoms with van der Waals surface area (Å²) in [7, 11) is 1.62. The Morgan fingerprint density at radius 3 is 2.52 bits per heavy atom. The predicted molar refractivity (Wildman–Crippen MR) is 131 cm³/mol. The topological polar surface area (TPSA) is 53.3 Å². The highest BCUT2D eigenvalue weighted by molar-refractivity contribution is 6.30. The summed E-state index contributed by atoms with van der Waals surface area (Å²) in [5.74, 6) is 0.318. The quantitative estimate of drug-likeness (QED) is 0.278. The van der Waals surface area contributed by atoms with Crippen LogP contribution in [0.3, 0.4) is 0 Å². The van der Waals surface area contributed by atoms with Gasteiger partial charge in [-0.15, -0.1) is 0 Å². The maximum Gasteiger partial charge on any atom is 0.355 e. The highest BCUT2D eigenvalue weighted by atomic mass is 35.5. The van der Waals surface area contributed by atoms with Crippen LogP contribution in [0.2, 0.25) is 5.02 Å². The van der Waals surface area contributed by atoms with Gasteiger partial charge in [-0.05, 0) is 61.0 Å². The van der Waals surface area contributed by atoms with Crippen LogP contribution in [-0.4, -0.2) is 29.2 Å². The SMILES string of the molecule is CCOC(=O)c1cc(-c2cccc(Cl)c2)c2nc3ccccc3c-2n1-c1ccc(OC)cc1. The summed E-state index contributed by atoms with van der Waals surface area (Å²) in [4.78, 5) is 18.1. The fraction of sp³-hybridized carbons (Fsp3) is 0.111. The fourth-order valence-corrected chi connectivity index (χ4v) is 4.30. The van der Waals surface area contributed by atoms with Crippen LogP contribution in [0, 0.1) is 0 Å². The molecule has 0 saturated carbocycles. The lowest BCUT2D eigenvalue weighted by Crippen LogP contribution is -2.16. The first kappa shape index (κ1) is 21.0. The summed E-state index contributed by atoms with van der Waals surface area (Å²) in [5, 5.41) is 1.55. The van der Waals surface area contributed by atoms with E-state index in [4.69, 9.17) is 26.1 Å². The van der Waals surface area contributed by atoms with E-state index in [1.807, 2.05) is 83.4 Å². The molecular formula is C27H21ClN2O3. The molecule has 0 aliphatic carbocycles. The molecule has 0 amide bonds. The first-order valence-electron chi connectivity index (χ1n) is 10.6. The minimum absolute atomic E-state index is 0.270. The summed E-state index contributed by atoms with van der Waals surface area (Å²) in [6.45, 7) is 2.07. The van der Waals surface area contributed by atoms with Crippen LogP contribution in [0.25, 0.3) is 39.1 Å². The van der Waals surface area contributed by atoms with Gasteiger partial charge >= 0.3 is 5.97 Å². The Morgan fingerprint density at radius 1 is 1.00 bits per heavy atom. The summed E-state index contributed by atoms with van der Waals surface area (Å²) >= 11 is 6.30. The molecule has 33 heavy (non-hydrogen) atoms. The van der Waals surface area contributed by atoms with Crippen molar-refractivity contribution in [1.29, 1.82) is 0 Å². The molecule has 5 rings (SSSR count). The first-order chi connectivity index (χ1) is 16.1. The highest BCUT2D eigenvalue weighted by Crippen LogP contribution is 2.41. The highest BCUT2D eigenvalue weighted by Gasteiger charge is 2.27. The number of carbonyl (C=O) groups is 1. The van der Waals surface area contributed by atoms with E-state index in [1.165, 1.54) is 0 Å². The summed E-state index contributed by atoms with van der Waals surface area (Å²) < 4.78 is 12.7. The van der Waals surface area contributed by atoms with Gasteiger partial charge in [-0.3, -0.25) is 0 Å². The number of nitrogens with zero attached hydrogens (tertiary/aromatic N) is 2. The molecule has 5 nitrogen and oxygen atoms in total. The van der Waals surface area contributed by atoms with E-state index in [0.717, 1.165) is 44.9 Å². The monoisotopic (exact) mass is 456 g/mol. The van der Waals surface area contributed by atoms with Gasteiger partial charge in [0, 0.05) is 21.7 Å². The number of ether oxygens (including phenoxy) is 2. The zero-order valence-electron chi connectivity index (χ0n) is 18.2. The number of pyridine rings is 1. The molecule has 164 valence electrons. The second kappa shape index (κ2) is 8.60. The van der Waals surface area contributed by atoms with Crippen LogP contribution in [0.15, 0.2) is 78.9 Å². The number of carbonyl (C=O) groups excluding carboxylic acids is 1. The van der Waals surface area contributed by atoms with E-state index >= 15 is 0 Å². The molecule has 0 radical (unpaired) electrons. The molecule has 0 atom stereocenters. The van der Waals surface area contributed by atoms with Crippen molar-refractivity contribution in [3.05, 3.63) is 89.6 Å². The van der Waals surface area contributed by atoms with Crippen LogP contribution < -0.4 is 4.74 Å². The molecule has 2 aliphatic heterocycles. The van der Waals surface area contributed by atoms with E-state index in [1.54, 1.807) is 14.0 Å². The fourth-order valence-electron chi connectivity index (χ4n) is 4.11. The van der Waals surface area contributed by atoms with Crippen molar-refractivity contribution in [1.82, 2.24) is 9.55 Å². The summed E-state index contributed by atoms with van der Waals surface area (Å²) in [6, 6.07) is 24.9. The summed E-state index contributed by atoms with van der Waals surface area (Å²) in [6.07, 6.45) is 0. The zero-order chi connectivity index (χ0) is 22.9.